The van der Waals surface area contributed by atoms with E-state index in [0.717, 1.165) is 18.0 Å². The third kappa shape index (κ3) is 10.6. The van der Waals surface area contributed by atoms with Crippen LogP contribution in [-0.2, 0) is 55.2 Å². The van der Waals surface area contributed by atoms with E-state index in [1.54, 1.807) is 44.6 Å². The van der Waals surface area contributed by atoms with Crippen LogP contribution in [0.15, 0.2) is 36.5 Å². The molecule has 4 aromatic rings. The van der Waals surface area contributed by atoms with Crippen LogP contribution in [0, 0.1) is 0 Å². The fraction of sp³-hybridized carbons (Fsp3) is 0.634. The van der Waals surface area contributed by atoms with Crippen molar-refractivity contribution in [3.05, 3.63) is 53.7 Å². The van der Waals surface area contributed by atoms with Gasteiger partial charge in [-0.05, 0) is 69.9 Å². The summed E-state index contributed by atoms with van der Waals surface area (Å²) in [7, 11) is -4.01. The van der Waals surface area contributed by atoms with E-state index in [-0.39, 0.29) is 63.1 Å². The summed E-state index contributed by atoms with van der Waals surface area (Å²) < 4.78 is 66.3. The summed E-state index contributed by atoms with van der Waals surface area (Å²) in [5.74, 6) is -0.326. The molecule has 1 N–H and O–H groups in total. The third-order valence-corrected chi connectivity index (χ3v) is 15.3. The second-order valence-corrected chi connectivity index (χ2v) is 25.4. The van der Waals surface area contributed by atoms with Crippen LogP contribution >= 0.6 is 7.60 Å². The maximum Gasteiger partial charge on any atom is 0.413 e. The standard InChI is InChI=1S/C41H60N9O11PSi/c1-9-57-62(53,58-10-2)41(26-54-5,23-33-45-47-48(46-33)27-55-21-22-63(6,7)8)56-25-31-34-35(61-40(3,4)60-34)38(59-31)50-37-30(24-42-50)36(49(39(51)52)29-17-14-18-29)43-32(44-37)20-19-28-15-12-11-13-16-28/h11-13,15-16,19-20,24,29,31,34-35,38H,9-10,14,17-18,21-23,25-27H2,1-8H3,(H,51,52)/b20-19+/t31-,34-,35-,38-,41-/m1/s1. The monoisotopic (exact) mass is 913 g/mol. The second kappa shape index (κ2) is 19.6. The summed E-state index contributed by atoms with van der Waals surface area (Å²) >= 11 is 0. The minimum atomic E-state index is -4.16. The van der Waals surface area contributed by atoms with E-state index in [4.69, 9.17) is 52.5 Å². The van der Waals surface area contributed by atoms with Crippen molar-refractivity contribution < 1.29 is 51.9 Å². The highest BCUT2D eigenvalue weighted by atomic mass is 31.2. The van der Waals surface area contributed by atoms with Gasteiger partial charge in [0.15, 0.2) is 47.2 Å². The molecule has 0 unspecified atom stereocenters. The number of nitrogens with zero attached hydrogens (tertiary/aromatic N) is 9. The van der Waals surface area contributed by atoms with Crippen molar-refractivity contribution in [3.8, 4) is 0 Å². The van der Waals surface area contributed by atoms with Gasteiger partial charge >= 0.3 is 13.7 Å². The molecule has 0 spiro atoms. The minimum Gasteiger partial charge on any atom is -0.465 e. The highest BCUT2D eigenvalue weighted by Gasteiger charge is 2.59. The molecule has 0 bridgehead atoms. The van der Waals surface area contributed by atoms with Gasteiger partial charge in [-0.2, -0.15) is 5.10 Å². The van der Waals surface area contributed by atoms with Crippen LogP contribution in [0.1, 0.15) is 70.4 Å². The van der Waals surface area contributed by atoms with Crippen LogP contribution in [-0.4, -0.2) is 135 Å². The van der Waals surface area contributed by atoms with Gasteiger partial charge in [0.25, 0.3) is 0 Å². The highest BCUT2D eigenvalue weighted by Crippen LogP contribution is 2.62. The number of carboxylic acid groups (broad SMARTS) is 1. The van der Waals surface area contributed by atoms with Gasteiger partial charge in [-0.1, -0.05) is 56.0 Å². The molecule has 5 atom stereocenters. The number of methoxy groups -OCH3 is 1. The van der Waals surface area contributed by atoms with Crippen molar-refractivity contribution in [1.29, 1.82) is 0 Å². The molecule has 2 aliphatic heterocycles. The molecule has 3 fully saturated rings. The molecule has 1 aromatic carbocycles. The summed E-state index contributed by atoms with van der Waals surface area (Å²) in [5, 5.41) is 26.8. The highest BCUT2D eigenvalue weighted by molar-refractivity contribution is 7.55. The van der Waals surface area contributed by atoms with Gasteiger partial charge < -0.3 is 42.6 Å². The molecule has 1 saturated carbocycles. The van der Waals surface area contributed by atoms with Gasteiger partial charge in [0.2, 0.25) is 0 Å². The fourth-order valence-electron chi connectivity index (χ4n) is 7.81. The smallest absolute Gasteiger partial charge is 0.413 e. The number of anilines is 1. The first-order chi connectivity index (χ1) is 30.1. The van der Waals surface area contributed by atoms with Gasteiger partial charge in [-0.25, -0.2) is 19.4 Å². The van der Waals surface area contributed by atoms with Gasteiger partial charge in [0.1, 0.15) is 18.3 Å². The molecule has 7 rings (SSSR count). The first-order valence-corrected chi connectivity index (χ1v) is 26.7. The van der Waals surface area contributed by atoms with Gasteiger partial charge in [-0.15, -0.1) is 15.0 Å². The molecule has 20 nitrogen and oxygen atoms in total. The molecule has 344 valence electrons. The number of fused-ring (bicyclic) bond motifs is 2. The van der Waals surface area contributed by atoms with Crippen molar-refractivity contribution in [2.24, 2.45) is 0 Å². The van der Waals surface area contributed by atoms with Crippen molar-refractivity contribution in [3.63, 3.8) is 0 Å². The Morgan fingerprint density at radius 2 is 1.81 bits per heavy atom. The van der Waals surface area contributed by atoms with Gasteiger partial charge in [0.05, 0.1) is 44.4 Å². The van der Waals surface area contributed by atoms with Gasteiger partial charge in [-0.3, -0.25) is 9.46 Å². The lowest BCUT2D eigenvalue weighted by molar-refractivity contribution is -0.207. The fourth-order valence-corrected chi connectivity index (χ4v) is 10.6. The Morgan fingerprint density at radius 1 is 1.08 bits per heavy atom. The molecule has 3 aromatic heterocycles. The summed E-state index contributed by atoms with van der Waals surface area (Å²) in [5.41, 5.74) is 1.25. The number of carbonyl (C=O) groups is 1. The minimum absolute atomic E-state index is 0.0494. The van der Waals surface area contributed by atoms with Crippen LogP contribution in [0.3, 0.4) is 0 Å². The van der Waals surface area contributed by atoms with Crippen molar-refractivity contribution in [2.75, 3.05) is 45.0 Å². The summed E-state index contributed by atoms with van der Waals surface area (Å²) in [6.07, 6.45) is 3.01. The molecule has 2 saturated heterocycles. The van der Waals surface area contributed by atoms with Gasteiger partial charge in [0, 0.05) is 27.8 Å². The largest absolute Gasteiger partial charge is 0.465 e. The zero-order valence-corrected chi connectivity index (χ0v) is 39.2. The topological polar surface area (TPSA) is 219 Å². The summed E-state index contributed by atoms with van der Waals surface area (Å²) in [6, 6.07) is 10.4. The number of amides is 1. The number of tetrazole rings is 1. The lowest BCUT2D eigenvalue weighted by Gasteiger charge is -2.38. The Labute approximate surface area is 368 Å². The second-order valence-electron chi connectivity index (χ2n) is 17.5. The number of benzene rings is 1. The van der Waals surface area contributed by atoms with Crippen molar-refractivity contribution in [1.82, 2.24) is 40.0 Å². The zero-order valence-electron chi connectivity index (χ0n) is 37.3. The Morgan fingerprint density at radius 3 is 2.46 bits per heavy atom. The normalized spacial score (nSPS) is 22.4. The maximum absolute atomic E-state index is 14.9. The van der Waals surface area contributed by atoms with Crippen LogP contribution in [0.25, 0.3) is 23.2 Å². The van der Waals surface area contributed by atoms with E-state index in [1.165, 1.54) is 16.8 Å². The molecule has 1 aliphatic carbocycles. The average molecular weight is 914 g/mol. The Hall–Kier alpha value is -4.02. The van der Waals surface area contributed by atoms with Crippen molar-refractivity contribution in [2.45, 2.75) is 128 Å². The Balaban J connectivity index is 1.22. The first kappa shape index (κ1) is 47.0. The molecular weight excluding hydrogens is 854 g/mol. The number of hydrogen-bond acceptors (Lipinski definition) is 16. The Kier molecular flexibility index (Phi) is 14.6. The quantitative estimate of drug-likeness (QED) is 0.0498. The zero-order chi connectivity index (χ0) is 45.0. The van der Waals surface area contributed by atoms with Crippen LogP contribution in [0.2, 0.25) is 25.7 Å². The maximum atomic E-state index is 14.9. The van der Waals surface area contributed by atoms with Crippen LogP contribution < -0.4 is 4.90 Å². The lowest BCUT2D eigenvalue weighted by atomic mass is 9.91. The van der Waals surface area contributed by atoms with Crippen LogP contribution in [0.4, 0.5) is 10.6 Å². The van der Waals surface area contributed by atoms with E-state index in [1.807, 2.05) is 36.4 Å². The predicted octanol–water partition coefficient (Wildman–Crippen LogP) is 6.62. The van der Waals surface area contributed by atoms with E-state index >= 15 is 0 Å². The Bertz CT molecular complexity index is 2240. The summed E-state index contributed by atoms with van der Waals surface area (Å²) in [6.45, 7) is 14.2. The van der Waals surface area contributed by atoms with E-state index in [2.05, 4.69) is 35.1 Å². The number of aromatic nitrogens is 8. The van der Waals surface area contributed by atoms with Crippen LogP contribution in [0.5, 0.6) is 0 Å². The molecule has 3 aliphatic rings. The SMILES string of the molecule is CCOP(=O)(OCC)[C@@](COC)(Cc1nnn(COCC[Si](C)(C)C)n1)OC[C@H]1O[C@@H](n2ncc3c(N(C(=O)O)C4CCC4)nc(/C=C/c4ccccc4)nc32)[C@@H]2OC(C)(C)O[C@@H]21. The summed E-state index contributed by atoms with van der Waals surface area (Å²) in [4.78, 5) is 25.1. The number of hydrogen-bond donors (Lipinski definition) is 1. The van der Waals surface area contributed by atoms with Crippen molar-refractivity contribution >= 4 is 50.8 Å². The average Bonchev–Trinajstić information content (AvgIpc) is 3.99. The van der Waals surface area contributed by atoms with E-state index in [9.17, 15) is 14.5 Å². The molecule has 5 heterocycles. The lowest BCUT2D eigenvalue weighted by Crippen LogP contribution is -2.45. The molecule has 0 radical (unpaired) electrons. The molecular formula is C41H60N9O11PSi. The predicted molar refractivity (Wildman–Crippen MR) is 234 cm³/mol. The molecule has 63 heavy (non-hydrogen) atoms. The number of rotatable bonds is 22. The third-order valence-electron chi connectivity index (χ3n) is 11.0. The van der Waals surface area contributed by atoms with E-state index in [0.29, 0.717) is 30.5 Å². The number of ether oxygens (including phenoxy) is 6. The molecule has 1 amide bonds. The first-order valence-electron chi connectivity index (χ1n) is 21.5. The molecule has 22 heteroatoms. The van der Waals surface area contributed by atoms with E-state index < -0.39 is 57.4 Å².